The molecule has 1 aliphatic rings. The number of esters is 1. The number of ether oxygens (including phenoxy) is 1. The standard InChI is InChI=1S/C22H29NO6/c1-5-8-14(2)10-11-16(4)20(25)19-17(24)13-18(29-21(19)26)15(3)9-6-7-12-23-22(27)28/h10-13,15,19H,5-9H2,1-4H3,(H,27,28)/b14-10+,16-11+,23-12?/t15?,19-/m0/s1. The molecule has 0 saturated carbocycles. The van der Waals surface area contributed by atoms with Crippen LogP contribution in [0.1, 0.15) is 59.8 Å². The van der Waals surface area contributed by atoms with Crippen LogP contribution in [0.15, 0.2) is 40.1 Å². The Hall–Kier alpha value is -2.83. The molecule has 0 aromatic carbocycles. The number of hydrogen-bond donors (Lipinski definition) is 1. The predicted molar refractivity (Wildman–Crippen MR) is 110 cm³/mol. The summed E-state index contributed by atoms with van der Waals surface area (Å²) < 4.78 is 5.27. The molecular weight excluding hydrogens is 374 g/mol. The molecule has 0 aromatic rings. The predicted octanol–water partition coefficient (Wildman–Crippen LogP) is 4.43. The minimum absolute atomic E-state index is 0.214. The van der Waals surface area contributed by atoms with Gasteiger partial charge in [0, 0.05) is 18.2 Å². The van der Waals surface area contributed by atoms with Crippen LogP contribution in [-0.2, 0) is 19.1 Å². The highest BCUT2D eigenvalue weighted by Crippen LogP contribution is 2.26. The van der Waals surface area contributed by atoms with E-state index in [1.54, 1.807) is 19.9 Å². The van der Waals surface area contributed by atoms with Crippen LogP contribution in [0, 0.1) is 11.8 Å². The van der Waals surface area contributed by atoms with Crippen LogP contribution in [-0.4, -0.2) is 35.0 Å². The molecule has 1 N–H and O–H groups in total. The summed E-state index contributed by atoms with van der Waals surface area (Å²) in [6, 6.07) is 0. The molecule has 0 spiro atoms. The van der Waals surface area contributed by atoms with Crippen LogP contribution < -0.4 is 0 Å². The van der Waals surface area contributed by atoms with E-state index in [1.165, 1.54) is 12.3 Å². The van der Waals surface area contributed by atoms with E-state index >= 15 is 0 Å². The lowest BCUT2D eigenvalue weighted by Gasteiger charge is -2.23. The fourth-order valence-corrected chi connectivity index (χ4v) is 2.88. The summed E-state index contributed by atoms with van der Waals surface area (Å²) in [5.41, 5.74) is 1.44. The van der Waals surface area contributed by atoms with Gasteiger partial charge in [-0.15, -0.1) is 0 Å². The molecule has 0 saturated heterocycles. The largest absolute Gasteiger partial charge is 0.463 e. The van der Waals surface area contributed by atoms with Crippen molar-refractivity contribution in [1.82, 2.24) is 0 Å². The van der Waals surface area contributed by atoms with Crippen LogP contribution >= 0.6 is 0 Å². The van der Waals surface area contributed by atoms with E-state index in [0.717, 1.165) is 18.4 Å². The van der Waals surface area contributed by atoms with Gasteiger partial charge in [-0.1, -0.05) is 38.0 Å². The van der Waals surface area contributed by atoms with E-state index in [4.69, 9.17) is 9.84 Å². The Labute approximate surface area is 171 Å². The summed E-state index contributed by atoms with van der Waals surface area (Å²) in [6.45, 7) is 7.40. The minimum Gasteiger partial charge on any atom is -0.463 e. The van der Waals surface area contributed by atoms with Gasteiger partial charge < -0.3 is 9.84 Å². The average Bonchev–Trinajstić information content (AvgIpc) is 2.64. The van der Waals surface area contributed by atoms with Crippen LogP contribution in [0.25, 0.3) is 0 Å². The number of Topliss-reactive ketones (excluding diaryl/α,β-unsaturated/α-hetero) is 1. The summed E-state index contributed by atoms with van der Waals surface area (Å²) >= 11 is 0. The number of carbonyl (C=O) groups is 4. The molecule has 0 radical (unpaired) electrons. The van der Waals surface area contributed by atoms with Crippen molar-refractivity contribution in [3.63, 3.8) is 0 Å². The molecular formula is C22H29NO6. The molecule has 1 heterocycles. The highest BCUT2D eigenvalue weighted by molar-refractivity contribution is 6.26. The third-order valence-electron chi connectivity index (χ3n) is 4.59. The van der Waals surface area contributed by atoms with Crippen molar-refractivity contribution in [1.29, 1.82) is 0 Å². The summed E-state index contributed by atoms with van der Waals surface area (Å²) in [7, 11) is 0. The molecule has 1 aliphatic heterocycles. The van der Waals surface area contributed by atoms with Crippen molar-refractivity contribution in [3.05, 3.63) is 35.1 Å². The van der Waals surface area contributed by atoms with Crippen molar-refractivity contribution in [2.75, 3.05) is 0 Å². The summed E-state index contributed by atoms with van der Waals surface area (Å²) in [5.74, 6) is -3.40. The number of unbranched alkanes of at least 4 members (excludes halogenated alkanes) is 1. The van der Waals surface area contributed by atoms with Gasteiger partial charge in [0.05, 0.1) is 0 Å². The van der Waals surface area contributed by atoms with E-state index < -0.39 is 29.5 Å². The highest BCUT2D eigenvalue weighted by Gasteiger charge is 2.39. The van der Waals surface area contributed by atoms with Gasteiger partial charge in [-0.3, -0.25) is 14.4 Å². The maximum absolute atomic E-state index is 12.6. The molecule has 0 bridgehead atoms. The fraction of sp³-hybridized carbons (Fsp3) is 0.500. The number of ketones is 2. The molecule has 1 rings (SSSR count). The van der Waals surface area contributed by atoms with Gasteiger partial charge >= 0.3 is 12.1 Å². The lowest BCUT2D eigenvalue weighted by atomic mass is 9.90. The Morgan fingerprint density at radius 2 is 1.97 bits per heavy atom. The lowest BCUT2D eigenvalue weighted by Crippen LogP contribution is -2.37. The van der Waals surface area contributed by atoms with Gasteiger partial charge in [-0.25, -0.2) is 4.79 Å². The smallest absolute Gasteiger partial charge is 0.430 e. The zero-order chi connectivity index (χ0) is 22.0. The zero-order valence-electron chi connectivity index (χ0n) is 17.4. The normalized spacial score (nSPS) is 19.2. The summed E-state index contributed by atoms with van der Waals surface area (Å²) in [6.07, 6.45) is 8.31. The van der Waals surface area contributed by atoms with Gasteiger partial charge in [0.15, 0.2) is 17.5 Å². The number of rotatable bonds is 10. The van der Waals surface area contributed by atoms with Crippen molar-refractivity contribution < 1.29 is 29.0 Å². The number of aliphatic imine (C=N–C) groups is 1. The molecule has 7 heteroatoms. The molecule has 0 fully saturated rings. The molecule has 29 heavy (non-hydrogen) atoms. The highest BCUT2D eigenvalue weighted by atomic mass is 16.5. The lowest BCUT2D eigenvalue weighted by molar-refractivity contribution is -0.152. The zero-order valence-corrected chi connectivity index (χ0v) is 17.4. The first kappa shape index (κ1) is 24.2. The quantitative estimate of drug-likeness (QED) is 0.144. The molecule has 1 unspecified atom stereocenters. The number of hydrogen-bond acceptors (Lipinski definition) is 5. The molecule has 0 aliphatic carbocycles. The number of carbonyl (C=O) groups excluding carboxylic acids is 3. The second-order valence-electron chi connectivity index (χ2n) is 7.21. The Bertz CT molecular complexity index is 772. The third kappa shape index (κ3) is 7.97. The van der Waals surface area contributed by atoms with E-state index in [2.05, 4.69) is 11.9 Å². The Balaban J connectivity index is 2.76. The van der Waals surface area contributed by atoms with E-state index in [1.807, 2.05) is 13.0 Å². The van der Waals surface area contributed by atoms with Gasteiger partial charge in [-0.2, -0.15) is 4.99 Å². The molecule has 0 aromatic heterocycles. The van der Waals surface area contributed by atoms with Crippen LogP contribution in [0.2, 0.25) is 0 Å². The number of amides is 1. The number of nitrogens with zero attached hydrogens (tertiary/aromatic N) is 1. The third-order valence-corrected chi connectivity index (χ3v) is 4.59. The average molecular weight is 403 g/mol. The summed E-state index contributed by atoms with van der Waals surface area (Å²) in [5, 5.41) is 8.44. The topological polar surface area (TPSA) is 110 Å². The summed E-state index contributed by atoms with van der Waals surface area (Å²) in [4.78, 5) is 50.9. The molecule has 7 nitrogen and oxygen atoms in total. The van der Waals surface area contributed by atoms with Gasteiger partial charge in [0.1, 0.15) is 5.76 Å². The van der Waals surface area contributed by atoms with E-state index in [9.17, 15) is 19.2 Å². The first-order valence-corrected chi connectivity index (χ1v) is 9.78. The van der Waals surface area contributed by atoms with Crippen molar-refractivity contribution in [2.24, 2.45) is 16.8 Å². The maximum Gasteiger partial charge on any atom is 0.430 e. The molecule has 1 amide bonds. The van der Waals surface area contributed by atoms with Crippen molar-refractivity contribution >= 4 is 29.8 Å². The van der Waals surface area contributed by atoms with Crippen LogP contribution in [0.4, 0.5) is 4.79 Å². The van der Waals surface area contributed by atoms with Gasteiger partial charge in [0.25, 0.3) is 0 Å². The van der Waals surface area contributed by atoms with Gasteiger partial charge in [0.2, 0.25) is 0 Å². The Morgan fingerprint density at radius 1 is 1.28 bits per heavy atom. The van der Waals surface area contributed by atoms with Crippen LogP contribution in [0.5, 0.6) is 0 Å². The maximum atomic E-state index is 12.6. The number of carboxylic acid groups (broad SMARTS) is 1. The van der Waals surface area contributed by atoms with E-state index in [-0.39, 0.29) is 11.7 Å². The van der Waals surface area contributed by atoms with Crippen LogP contribution in [0.3, 0.4) is 0 Å². The van der Waals surface area contributed by atoms with Crippen molar-refractivity contribution in [3.8, 4) is 0 Å². The second kappa shape index (κ2) is 11.9. The number of cyclic esters (lactones) is 1. The van der Waals surface area contributed by atoms with Gasteiger partial charge in [-0.05, 0) is 45.1 Å². The first-order chi connectivity index (χ1) is 13.7. The number of allylic oxidation sites excluding steroid dienone is 6. The van der Waals surface area contributed by atoms with E-state index in [0.29, 0.717) is 24.8 Å². The Morgan fingerprint density at radius 3 is 2.55 bits per heavy atom. The SMILES string of the molecule is CCC/C(C)=C/C=C(\C)C(=O)[C@@H]1C(=O)C=C(C(C)CCCC=NC(=O)O)OC1=O. The molecule has 2 atom stereocenters. The first-order valence-electron chi connectivity index (χ1n) is 9.78. The second-order valence-corrected chi connectivity index (χ2v) is 7.21. The van der Waals surface area contributed by atoms with Crippen molar-refractivity contribution in [2.45, 2.75) is 59.8 Å². The monoisotopic (exact) mass is 403 g/mol. The fourth-order valence-electron chi connectivity index (χ4n) is 2.88. The minimum atomic E-state index is -1.45. The molecule has 158 valence electrons. The Kier molecular flexibility index (Phi) is 9.92.